The Hall–Kier alpha value is -2.07. The Morgan fingerprint density at radius 3 is 2.67 bits per heavy atom. The molecule has 1 aliphatic rings. The summed E-state index contributed by atoms with van der Waals surface area (Å²) in [6.07, 6.45) is 5.27. The van der Waals surface area contributed by atoms with Crippen LogP contribution in [0.2, 0.25) is 0 Å². The first-order valence-electron chi connectivity index (χ1n) is 7.44. The van der Waals surface area contributed by atoms with Crippen LogP contribution in [0.4, 0.5) is 5.69 Å². The van der Waals surface area contributed by atoms with Crippen molar-refractivity contribution in [3.05, 3.63) is 54.0 Å². The molecule has 0 aliphatic heterocycles. The van der Waals surface area contributed by atoms with E-state index in [1.54, 1.807) is 6.26 Å². The van der Waals surface area contributed by atoms with Gasteiger partial charge < -0.3 is 15.1 Å². The molecule has 1 aromatic carbocycles. The lowest BCUT2D eigenvalue weighted by Gasteiger charge is -2.07. The molecular formula is C17H20N2O2. The molecular weight excluding hydrogens is 264 g/mol. The Kier molecular flexibility index (Phi) is 4.36. The number of anilines is 1. The summed E-state index contributed by atoms with van der Waals surface area (Å²) in [4.78, 5) is 11.9. The van der Waals surface area contributed by atoms with Gasteiger partial charge in [0.15, 0.2) is 0 Å². The highest BCUT2D eigenvalue weighted by molar-refractivity contribution is 5.90. The van der Waals surface area contributed by atoms with Crippen LogP contribution in [0.3, 0.4) is 0 Å². The van der Waals surface area contributed by atoms with Gasteiger partial charge >= 0.3 is 0 Å². The standard InChI is InChI=1S/C17H20N2O2/c20-17(10-9-16-2-1-11-21-16)19-15-5-3-13(4-6-15)12-18-14-7-8-14/h1-6,11,14,18H,7-10,12H2,(H,19,20). The van der Waals surface area contributed by atoms with Crippen LogP contribution in [0.15, 0.2) is 47.1 Å². The van der Waals surface area contributed by atoms with Crippen LogP contribution >= 0.6 is 0 Å². The molecule has 110 valence electrons. The van der Waals surface area contributed by atoms with E-state index in [0.29, 0.717) is 18.9 Å². The van der Waals surface area contributed by atoms with Gasteiger partial charge in [-0.25, -0.2) is 0 Å². The first kappa shape index (κ1) is 13.9. The molecule has 4 nitrogen and oxygen atoms in total. The molecule has 1 amide bonds. The molecule has 0 atom stereocenters. The molecule has 2 aromatic rings. The summed E-state index contributed by atoms with van der Waals surface area (Å²) in [5, 5.41) is 6.38. The SMILES string of the molecule is O=C(CCc1ccco1)Nc1ccc(CNC2CC2)cc1. The van der Waals surface area contributed by atoms with E-state index in [-0.39, 0.29) is 5.91 Å². The van der Waals surface area contributed by atoms with Crippen LogP contribution in [0, 0.1) is 0 Å². The Labute approximate surface area is 124 Å². The van der Waals surface area contributed by atoms with Gasteiger partial charge in [-0.3, -0.25) is 4.79 Å². The third-order valence-corrected chi connectivity index (χ3v) is 3.59. The van der Waals surface area contributed by atoms with E-state index in [2.05, 4.69) is 22.8 Å². The lowest BCUT2D eigenvalue weighted by atomic mass is 10.2. The molecule has 0 saturated heterocycles. The van der Waals surface area contributed by atoms with Crippen molar-refractivity contribution in [3.63, 3.8) is 0 Å². The van der Waals surface area contributed by atoms with E-state index >= 15 is 0 Å². The minimum atomic E-state index is 0.00950. The topological polar surface area (TPSA) is 54.3 Å². The number of furan rings is 1. The average molecular weight is 284 g/mol. The third-order valence-electron chi connectivity index (χ3n) is 3.59. The van der Waals surface area contributed by atoms with Crippen molar-refractivity contribution in [1.82, 2.24) is 5.32 Å². The van der Waals surface area contributed by atoms with E-state index in [9.17, 15) is 4.79 Å². The summed E-state index contributed by atoms with van der Waals surface area (Å²) in [6, 6.07) is 12.4. The summed E-state index contributed by atoms with van der Waals surface area (Å²) in [6.45, 7) is 0.900. The molecule has 2 N–H and O–H groups in total. The van der Waals surface area contributed by atoms with Crippen LogP contribution < -0.4 is 10.6 Å². The van der Waals surface area contributed by atoms with Gasteiger partial charge in [-0.05, 0) is 42.7 Å². The van der Waals surface area contributed by atoms with Gasteiger partial charge in [-0.2, -0.15) is 0 Å². The third kappa shape index (κ3) is 4.46. The molecule has 0 radical (unpaired) electrons. The van der Waals surface area contributed by atoms with Gasteiger partial charge in [-0.15, -0.1) is 0 Å². The van der Waals surface area contributed by atoms with Gasteiger partial charge in [0.2, 0.25) is 5.91 Å². The van der Waals surface area contributed by atoms with Crippen LogP contribution in [0.25, 0.3) is 0 Å². The fraction of sp³-hybridized carbons (Fsp3) is 0.353. The number of carbonyl (C=O) groups is 1. The van der Waals surface area contributed by atoms with Crippen molar-refractivity contribution in [2.24, 2.45) is 0 Å². The first-order chi connectivity index (χ1) is 10.3. The second-order valence-electron chi connectivity index (χ2n) is 5.48. The van der Waals surface area contributed by atoms with Gasteiger partial charge in [0.25, 0.3) is 0 Å². The quantitative estimate of drug-likeness (QED) is 0.821. The van der Waals surface area contributed by atoms with Crippen molar-refractivity contribution in [2.75, 3.05) is 5.32 Å². The normalized spacial score (nSPS) is 14.1. The van der Waals surface area contributed by atoms with Crippen LogP contribution in [-0.2, 0) is 17.8 Å². The van der Waals surface area contributed by atoms with Gasteiger partial charge in [-0.1, -0.05) is 12.1 Å². The van der Waals surface area contributed by atoms with E-state index in [1.807, 2.05) is 24.3 Å². The van der Waals surface area contributed by atoms with Crippen LogP contribution in [0.1, 0.15) is 30.6 Å². The zero-order valence-electron chi connectivity index (χ0n) is 12.0. The van der Waals surface area contributed by atoms with Crippen molar-refractivity contribution >= 4 is 11.6 Å². The van der Waals surface area contributed by atoms with Gasteiger partial charge in [0.1, 0.15) is 5.76 Å². The summed E-state index contributed by atoms with van der Waals surface area (Å²) < 4.78 is 5.21. The summed E-state index contributed by atoms with van der Waals surface area (Å²) in [5.41, 5.74) is 2.09. The highest BCUT2D eigenvalue weighted by atomic mass is 16.3. The van der Waals surface area contributed by atoms with Crippen molar-refractivity contribution in [3.8, 4) is 0 Å². The Bertz CT molecular complexity index is 571. The number of hydrogen-bond acceptors (Lipinski definition) is 3. The predicted octanol–water partition coefficient (Wildman–Crippen LogP) is 3.10. The minimum Gasteiger partial charge on any atom is -0.469 e. The number of amides is 1. The molecule has 0 bridgehead atoms. The zero-order chi connectivity index (χ0) is 14.5. The highest BCUT2D eigenvalue weighted by Gasteiger charge is 2.19. The molecule has 1 aliphatic carbocycles. The summed E-state index contributed by atoms with van der Waals surface area (Å²) in [5.74, 6) is 0.849. The van der Waals surface area contributed by atoms with E-state index in [0.717, 1.165) is 18.0 Å². The first-order valence-corrected chi connectivity index (χ1v) is 7.44. The zero-order valence-corrected chi connectivity index (χ0v) is 12.0. The monoisotopic (exact) mass is 284 g/mol. The summed E-state index contributed by atoms with van der Waals surface area (Å²) in [7, 11) is 0. The van der Waals surface area contributed by atoms with E-state index in [1.165, 1.54) is 18.4 Å². The van der Waals surface area contributed by atoms with E-state index in [4.69, 9.17) is 4.42 Å². The van der Waals surface area contributed by atoms with Crippen molar-refractivity contribution in [1.29, 1.82) is 0 Å². The van der Waals surface area contributed by atoms with Gasteiger partial charge in [0, 0.05) is 31.1 Å². The molecule has 1 saturated carbocycles. The number of rotatable bonds is 7. The second kappa shape index (κ2) is 6.59. The lowest BCUT2D eigenvalue weighted by Crippen LogP contribution is -2.15. The molecule has 1 aromatic heterocycles. The molecule has 0 spiro atoms. The Balaban J connectivity index is 1.44. The number of nitrogens with one attached hydrogen (secondary N) is 2. The van der Waals surface area contributed by atoms with Crippen molar-refractivity contribution in [2.45, 2.75) is 38.3 Å². The predicted molar refractivity (Wildman–Crippen MR) is 82.0 cm³/mol. The van der Waals surface area contributed by atoms with Crippen LogP contribution in [-0.4, -0.2) is 11.9 Å². The van der Waals surface area contributed by atoms with Gasteiger partial charge in [0.05, 0.1) is 6.26 Å². The Morgan fingerprint density at radius 1 is 1.19 bits per heavy atom. The van der Waals surface area contributed by atoms with Crippen molar-refractivity contribution < 1.29 is 9.21 Å². The summed E-state index contributed by atoms with van der Waals surface area (Å²) >= 11 is 0. The largest absolute Gasteiger partial charge is 0.469 e. The lowest BCUT2D eigenvalue weighted by molar-refractivity contribution is -0.116. The minimum absolute atomic E-state index is 0.00950. The average Bonchev–Trinajstić information content (AvgIpc) is 3.18. The molecule has 3 rings (SSSR count). The number of aryl methyl sites for hydroxylation is 1. The highest BCUT2D eigenvalue weighted by Crippen LogP contribution is 2.19. The fourth-order valence-corrected chi connectivity index (χ4v) is 2.17. The van der Waals surface area contributed by atoms with Crippen LogP contribution in [0.5, 0.6) is 0 Å². The molecule has 4 heteroatoms. The second-order valence-corrected chi connectivity index (χ2v) is 5.48. The molecule has 1 heterocycles. The number of hydrogen-bond donors (Lipinski definition) is 2. The number of benzene rings is 1. The smallest absolute Gasteiger partial charge is 0.224 e. The maximum absolute atomic E-state index is 11.9. The maximum atomic E-state index is 11.9. The van der Waals surface area contributed by atoms with E-state index < -0.39 is 0 Å². The Morgan fingerprint density at radius 2 is 2.00 bits per heavy atom. The molecule has 0 unspecified atom stereocenters. The molecule has 21 heavy (non-hydrogen) atoms. The molecule has 1 fully saturated rings. The number of carbonyl (C=O) groups excluding carboxylic acids is 1. The maximum Gasteiger partial charge on any atom is 0.224 e. The fourth-order valence-electron chi connectivity index (χ4n) is 2.17.